The summed E-state index contributed by atoms with van der Waals surface area (Å²) in [7, 11) is 0. The number of benzene rings is 1. The number of ketones is 2. The SMILES string of the molecule is O=C1C=C2CCC3C[C@H](O)[C@@H]([Se]c4ccccc4)CC2(CC1)C3=O. The molecule has 3 aliphatic rings. The molecule has 4 rings (SSSR count). The average molecular weight is 389 g/mol. The van der Waals surface area contributed by atoms with Gasteiger partial charge in [-0.15, -0.1) is 0 Å². The van der Waals surface area contributed by atoms with Gasteiger partial charge in [0.15, 0.2) is 0 Å². The quantitative estimate of drug-likeness (QED) is 0.790. The number of allylic oxidation sites excluding steroid dienone is 2. The first-order valence-corrected chi connectivity index (χ1v) is 10.6. The van der Waals surface area contributed by atoms with Crippen molar-refractivity contribution < 1.29 is 14.7 Å². The van der Waals surface area contributed by atoms with Crippen LogP contribution in [-0.2, 0) is 9.59 Å². The van der Waals surface area contributed by atoms with E-state index >= 15 is 0 Å². The first kappa shape index (κ1) is 16.3. The molecular weight excluding hydrogens is 367 g/mol. The Bertz CT molecular complexity index is 696. The number of hydrogen-bond donors (Lipinski definition) is 1. The van der Waals surface area contributed by atoms with E-state index in [1.54, 1.807) is 6.08 Å². The molecule has 0 radical (unpaired) electrons. The molecule has 1 aromatic rings. The fourth-order valence-corrected chi connectivity index (χ4v) is 7.35. The van der Waals surface area contributed by atoms with Gasteiger partial charge in [-0.2, -0.15) is 0 Å². The first-order chi connectivity index (χ1) is 11.6. The fraction of sp³-hybridized carbons (Fsp3) is 0.500. The molecule has 24 heavy (non-hydrogen) atoms. The van der Waals surface area contributed by atoms with Crippen LogP contribution in [0.15, 0.2) is 42.0 Å². The van der Waals surface area contributed by atoms with Crippen molar-refractivity contribution in [3.05, 3.63) is 42.0 Å². The summed E-state index contributed by atoms with van der Waals surface area (Å²) in [5.74, 6) is 0.441. The minimum atomic E-state index is -0.463. The van der Waals surface area contributed by atoms with Crippen LogP contribution in [0.25, 0.3) is 0 Å². The van der Waals surface area contributed by atoms with Gasteiger partial charge >= 0.3 is 148 Å². The summed E-state index contributed by atoms with van der Waals surface area (Å²) in [6, 6.07) is 10.3. The number of Topliss-reactive ketones (excluding diaryl/α,β-unsaturated/α-hetero) is 1. The van der Waals surface area contributed by atoms with E-state index in [1.807, 2.05) is 18.2 Å². The third-order valence-electron chi connectivity index (χ3n) is 5.89. The van der Waals surface area contributed by atoms with Crippen LogP contribution in [-0.4, -0.2) is 37.7 Å². The number of rotatable bonds is 2. The summed E-state index contributed by atoms with van der Waals surface area (Å²) in [6.07, 6.45) is 5.43. The van der Waals surface area contributed by atoms with Crippen molar-refractivity contribution in [3.8, 4) is 0 Å². The Morgan fingerprint density at radius 1 is 1.12 bits per heavy atom. The van der Waals surface area contributed by atoms with E-state index in [0.717, 1.165) is 24.8 Å². The van der Waals surface area contributed by atoms with Crippen LogP contribution >= 0.6 is 0 Å². The molecule has 4 atom stereocenters. The number of carbonyl (C=O) groups excluding carboxylic acids is 2. The Kier molecular flexibility index (Phi) is 4.24. The van der Waals surface area contributed by atoms with Crippen LogP contribution in [0.5, 0.6) is 0 Å². The molecule has 1 aromatic carbocycles. The van der Waals surface area contributed by atoms with Gasteiger partial charge in [-0.1, -0.05) is 0 Å². The van der Waals surface area contributed by atoms with E-state index in [2.05, 4.69) is 12.1 Å². The van der Waals surface area contributed by atoms with Crippen LogP contribution in [0.1, 0.15) is 38.5 Å². The molecule has 4 heteroatoms. The number of fused-ring (bicyclic) bond motifs is 1. The van der Waals surface area contributed by atoms with Crippen LogP contribution < -0.4 is 4.46 Å². The summed E-state index contributed by atoms with van der Waals surface area (Å²) in [5, 5.41) is 10.8. The molecule has 0 heterocycles. The Morgan fingerprint density at radius 3 is 2.71 bits per heavy atom. The topological polar surface area (TPSA) is 54.4 Å². The second kappa shape index (κ2) is 6.25. The number of carbonyl (C=O) groups is 2. The zero-order chi connectivity index (χ0) is 16.7. The van der Waals surface area contributed by atoms with Crippen LogP contribution in [0.3, 0.4) is 0 Å². The van der Waals surface area contributed by atoms with E-state index in [0.29, 0.717) is 25.0 Å². The predicted octanol–water partition coefficient (Wildman–Crippen LogP) is 2.21. The number of aliphatic hydroxyl groups excluding tert-OH is 1. The van der Waals surface area contributed by atoms with Crippen molar-refractivity contribution >= 4 is 31.0 Å². The monoisotopic (exact) mass is 390 g/mol. The molecule has 0 aromatic heterocycles. The first-order valence-electron chi connectivity index (χ1n) is 8.76. The Labute approximate surface area is 148 Å². The Hall–Kier alpha value is -1.22. The van der Waals surface area contributed by atoms with E-state index in [4.69, 9.17) is 0 Å². The van der Waals surface area contributed by atoms with Gasteiger partial charge in [0.05, 0.1) is 0 Å². The summed E-state index contributed by atoms with van der Waals surface area (Å²) < 4.78 is 1.27. The summed E-state index contributed by atoms with van der Waals surface area (Å²) in [6.45, 7) is 0. The molecule has 2 fully saturated rings. The van der Waals surface area contributed by atoms with Gasteiger partial charge in [0, 0.05) is 0 Å². The standard InChI is InChI=1S/C20H22O3Se/c21-15-8-9-20-12-18(24-16-4-2-1-3-5-16)17(22)10-13(19(20)23)6-7-14(20)11-15/h1-5,11,13,17-18,22H,6-10,12H2/t13?,17-,18-,20?/m0/s1. The Morgan fingerprint density at radius 2 is 1.92 bits per heavy atom. The summed E-state index contributed by atoms with van der Waals surface area (Å²) in [4.78, 5) is 25.2. The molecule has 0 amide bonds. The zero-order valence-electron chi connectivity index (χ0n) is 13.6. The summed E-state index contributed by atoms with van der Waals surface area (Å²) >= 11 is 0.139. The van der Waals surface area contributed by atoms with Gasteiger partial charge in [-0.25, -0.2) is 0 Å². The molecule has 1 N–H and O–H groups in total. The van der Waals surface area contributed by atoms with Crippen molar-refractivity contribution in [2.24, 2.45) is 11.3 Å². The normalized spacial score (nSPS) is 35.9. The van der Waals surface area contributed by atoms with E-state index in [9.17, 15) is 14.7 Å². The molecule has 3 nitrogen and oxygen atoms in total. The van der Waals surface area contributed by atoms with Gasteiger partial charge < -0.3 is 0 Å². The molecule has 1 spiro atoms. The van der Waals surface area contributed by atoms with Gasteiger partial charge in [-0.3, -0.25) is 0 Å². The predicted molar refractivity (Wildman–Crippen MR) is 93.3 cm³/mol. The van der Waals surface area contributed by atoms with Crippen LogP contribution in [0, 0.1) is 11.3 Å². The average Bonchev–Trinajstić information content (AvgIpc) is 2.64. The maximum absolute atomic E-state index is 13.2. The van der Waals surface area contributed by atoms with Gasteiger partial charge in [0.2, 0.25) is 0 Å². The van der Waals surface area contributed by atoms with Gasteiger partial charge in [0.1, 0.15) is 0 Å². The van der Waals surface area contributed by atoms with Crippen molar-refractivity contribution in [2.45, 2.75) is 49.4 Å². The van der Waals surface area contributed by atoms with Gasteiger partial charge in [0.25, 0.3) is 0 Å². The third kappa shape index (κ3) is 2.71. The Balaban J connectivity index is 1.69. The molecule has 2 unspecified atom stereocenters. The molecule has 2 bridgehead atoms. The van der Waals surface area contributed by atoms with E-state index in [-0.39, 0.29) is 31.5 Å². The molecule has 2 saturated carbocycles. The fourth-order valence-electron chi connectivity index (χ4n) is 4.62. The van der Waals surface area contributed by atoms with Crippen LogP contribution in [0.2, 0.25) is 4.82 Å². The van der Waals surface area contributed by atoms with E-state index in [1.165, 1.54) is 4.46 Å². The van der Waals surface area contributed by atoms with Crippen molar-refractivity contribution in [1.82, 2.24) is 0 Å². The van der Waals surface area contributed by atoms with Crippen molar-refractivity contribution in [1.29, 1.82) is 0 Å². The molecule has 3 aliphatic carbocycles. The molecule has 0 saturated heterocycles. The number of aliphatic hydroxyl groups is 1. The van der Waals surface area contributed by atoms with Gasteiger partial charge in [-0.05, 0) is 0 Å². The molecule has 126 valence electrons. The number of hydrogen-bond acceptors (Lipinski definition) is 3. The van der Waals surface area contributed by atoms with Crippen molar-refractivity contribution in [2.75, 3.05) is 0 Å². The third-order valence-corrected chi connectivity index (χ3v) is 8.67. The second-order valence-electron chi connectivity index (χ2n) is 7.29. The van der Waals surface area contributed by atoms with Crippen molar-refractivity contribution in [3.63, 3.8) is 0 Å². The second-order valence-corrected chi connectivity index (χ2v) is 10.0. The summed E-state index contributed by atoms with van der Waals surface area (Å²) in [5.41, 5.74) is 0.596. The molecule has 0 aliphatic heterocycles. The minimum absolute atomic E-state index is 0.0260. The van der Waals surface area contributed by atoms with Crippen LogP contribution in [0.4, 0.5) is 0 Å². The zero-order valence-corrected chi connectivity index (χ0v) is 15.3. The maximum atomic E-state index is 13.2. The molecular formula is C20H22O3Se. The van der Waals surface area contributed by atoms with E-state index < -0.39 is 11.5 Å².